The summed E-state index contributed by atoms with van der Waals surface area (Å²) in [7, 11) is 0. The number of rotatable bonds is 7. The van der Waals surface area contributed by atoms with Crippen LogP contribution in [0.2, 0.25) is 0 Å². The Bertz CT molecular complexity index is 3670. The Kier molecular flexibility index (Phi) is 9.87. The number of nitrogens with zero attached hydrogens (tertiary/aromatic N) is 3. The zero-order chi connectivity index (χ0) is 49.3. The lowest BCUT2D eigenvalue weighted by Crippen LogP contribution is -2.60. The van der Waals surface area contributed by atoms with E-state index in [0.29, 0.717) is 0 Å². The minimum atomic E-state index is -0.308. The number of hydrogen-bond donors (Lipinski definition) is 0. The van der Waals surface area contributed by atoms with Gasteiger partial charge in [-0.3, -0.25) is 0 Å². The van der Waals surface area contributed by atoms with Gasteiger partial charge in [-0.1, -0.05) is 207 Å². The van der Waals surface area contributed by atoms with Crippen LogP contribution in [-0.4, -0.2) is 11.3 Å². The van der Waals surface area contributed by atoms with Crippen LogP contribution < -0.4 is 26.2 Å². The van der Waals surface area contributed by atoms with Gasteiger partial charge in [0.2, 0.25) is 0 Å². The molecule has 0 atom stereocenters. The fraction of sp³-hybridized carbons (Fsp3) is 0.176. The maximum atomic E-state index is 2.73. The molecule has 0 radical (unpaired) electrons. The zero-order valence-corrected chi connectivity index (χ0v) is 42.7. The van der Waals surface area contributed by atoms with Gasteiger partial charge in [-0.15, -0.1) is 0 Å². The molecular weight excluding hydrogens is 870 g/mol. The molecular formula is C68H60BN3. The van der Waals surface area contributed by atoms with Crippen LogP contribution in [0.5, 0.6) is 0 Å². The van der Waals surface area contributed by atoms with Crippen molar-refractivity contribution in [2.75, 3.05) is 9.80 Å². The Morgan fingerprint density at radius 1 is 0.486 bits per heavy atom. The highest BCUT2D eigenvalue weighted by Crippen LogP contribution is 2.57. The molecule has 4 heteroatoms. The number of anilines is 6. The average Bonchev–Trinajstić information content (AvgIpc) is 3.87. The third-order valence-electron chi connectivity index (χ3n) is 16.1. The summed E-state index contributed by atoms with van der Waals surface area (Å²) in [5.74, 6) is -0.0281. The van der Waals surface area contributed by atoms with E-state index < -0.39 is 0 Å². The second-order valence-corrected chi connectivity index (χ2v) is 23.0. The van der Waals surface area contributed by atoms with Gasteiger partial charge < -0.3 is 14.4 Å². The Hall–Kier alpha value is -7.82. The summed E-state index contributed by atoms with van der Waals surface area (Å²) in [6.07, 6.45) is 0. The van der Waals surface area contributed by atoms with Crippen molar-refractivity contribution in [1.82, 2.24) is 4.57 Å². The van der Waals surface area contributed by atoms with Crippen molar-refractivity contribution >= 4 is 68.1 Å². The number of benzene rings is 9. The number of fused-ring (bicyclic) bond motifs is 9. The van der Waals surface area contributed by atoms with Gasteiger partial charge in [-0.25, -0.2) is 0 Å². The summed E-state index contributed by atoms with van der Waals surface area (Å²) in [5, 5.41) is 1.31. The molecule has 1 aromatic heterocycles. The Morgan fingerprint density at radius 3 is 1.67 bits per heavy atom. The molecule has 72 heavy (non-hydrogen) atoms. The molecule has 0 fully saturated rings. The van der Waals surface area contributed by atoms with E-state index in [2.05, 4.69) is 282 Å². The quantitative estimate of drug-likeness (QED) is 0.117. The molecule has 0 saturated heterocycles. The van der Waals surface area contributed by atoms with Crippen molar-refractivity contribution < 1.29 is 0 Å². The second-order valence-electron chi connectivity index (χ2n) is 23.0. The molecule has 0 bridgehead atoms. The summed E-state index contributed by atoms with van der Waals surface area (Å²) >= 11 is 0. The van der Waals surface area contributed by atoms with Crippen LogP contribution in [0.1, 0.15) is 100 Å². The van der Waals surface area contributed by atoms with E-state index in [1.54, 1.807) is 0 Å². The molecule has 0 saturated carbocycles. The van der Waals surface area contributed by atoms with Gasteiger partial charge in [-0.05, 0) is 127 Å². The lowest BCUT2D eigenvalue weighted by atomic mass is 9.33. The molecule has 0 spiro atoms. The first-order valence-electron chi connectivity index (χ1n) is 25.8. The van der Waals surface area contributed by atoms with Gasteiger partial charge in [0.05, 0.1) is 16.9 Å². The van der Waals surface area contributed by atoms with Gasteiger partial charge in [0.1, 0.15) is 0 Å². The van der Waals surface area contributed by atoms with E-state index in [9.17, 15) is 0 Å². The van der Waals surface area contributed by atoms with Gasteiger partial charge in [-0.2, -0.15) is 0 Å². The highest BCUT2D eigenvalue weighted by atomic mass is 15.2. The Morgan fingerprint density at radius 2 is 1.04 bits per heavy atom. The van der Waals surface area contributed by atoms with Gasteiger partial charge in [0.25, 0.3) is 6.71 Å². The molecule has 3 nitrogen and oxygen atoms in total. The van der Waals surface area contributed by atoms with Crippen molar-refractivity contribution in [2.45, 2.75) is 77.6 Å². The smallest absolute Gasteiger partial charge is 0.252 e. The lowest BCUT2D eigenvalue weighted by molar-refractivity contribution is 0.590. The Labute approximate surface area is 426 Å². The maximum Gasteiger partial charge on any atom is 0.252 e. The molecule has 9 aromatic carbocycles. The minimum Gasteiger partial charge on any atom is -0.311 e. The second kappa shape index (κ2) is 16.1. The normalized spacial score (nSPS) is 14.0. The van der Waals surface area contributed by atoms with E-state index >= 15 is 0 Å². The lowest BCUT2D eigenvalue weighted by Gasteiger charge is -2.42. The van der Waals surface area contributed by atoms with Crippen LogP contribution in [0.25, 0.3) is 27.8 Å². The highest BCUT2D eigenvalue weighted by molar-refractivity contribution is 7.00. The highest BCUT2D eigenvalue weighted by Gasteiger charge is 2.48. The first kappa shape index (κ1) is 44.1. The van der Waals surface area contributed by atoms with E-state index in [4.69, 9.17) is 0 Å². The van der Waals surface area contributed by atoms with Crippen LogP contribution >= 0.6 is 0 Å². The number of hydrogen-bond acceptors (Lipinski definition) is 2. The van der Waals surface area contributed by atoms with E-state index in [0.717, 1.165) is 11.4 Å². The summed E-state index contributed by atoms with van der Waals surface area (Å²) in [4.78, 5) is 5.13. The van der Waals surface area contributed by atoms with Crippen LogP contribution in [0.3, 0.4) is 0 Å². The van der Waals surface area contributed by atoms with Crippen molar-refractivity contribution in [3.05, 3.63) is 251 Å². The van der Waals surface area contributed by atoms with E-state index in [1.165, 1.54) is 106 Å². The topological polar surface area (TPSA) is 11.4 Å². The molecule has 0 amide bonds. The van der Waals surface area contributed by atoms with Crippen LogP contribution in [0, 0.1) is 0 Å². The van der Waals surface area contributed by atoms with Gasteiger partial charge in [0, 0.05) is 56.4 Å². The fourth-order valence-corrected chi connectivity index (χ4v) is 12.7. The van der Waals surface area contributed by atoms with Gasteiger partial charge >= 0.3 is 0 Å². The number of aromatic nitrogens is 1. The molecule has 13 rings (SSSR count). The number of para-hydroxylation sites is 2. The third-order valence-corrected chi connectivity index (χ3v) is 16.1. The Balaban J connectivity index is 1.23. The van der Waals surface area contributed by atoms with Crippen molar-refractivity contribution in [1.29, 1.82) is 0 Å². The summed E-state index contributed by atoms with van der Waals surface area (Å²) < 4.78 is 2.73. The molecule has 0 N–H and O–H groups in total. The van der Waals surface area contributed by atoms with E-state index in [1.807, 2.05) is 0 Å². The fourth-order valence-electron chi connectivity index (χ4n) is 12.7. The third kappa shape index (κ3) is 6.64. The predicted molar refractivity (Wildman–Crippen MR) is 306 cm³/mol. The molecule has 0 unspecified atom stereocenters. The van der Waals surface area contributed by atoms with Crippen LogP contribution in [-0.2, 0) is 16.2 Å². The van der Waals surface area contributed by atoms with Crippen molar-refractivity contribution in [3.8, 4) is 16.9 Å². The first-order valence-corrected chi connectivity index (χ1v) is 25.8. The largest absolute Gasteiger partial charge is 0.311 e. The standard InChI is InChI=1S/C68H60BN3/c1-66(2,3)47-28-23-33-51(42-47)71-57-43-48(67(4,5)6)36-37-54(57)69-55-38-39-56(70(49-29-17-11-18-30-49)50-31-19-12-20-32-50)61-62-64(52-34-21-22-35-53(52)68(62,7)8)72(65(55)61)59-41-46(40-58(71)63(59)69)60(44-24-13-9-14-25-44)45-26-15-10-16-27-45/h9-43,60H,1-8H3. The molecule has 2 aliphatic heterocycles. The minimum absolute atomic E-state index is 0.0281. The SMILES string of the molecule is CC(C)(C)c1cccc(N2c3cc(C(C)(C)C)ccc3B3c4c2cc(C(c2ccccc2)c2ccccc2)cc4-n2c4c(c5c(N(c6ccccc6)c6ccccc6)ccc3c52)C(C)(C)c2ccccc2-4)c1. The van der Waals surface area contributed by atoms with Crippen molar-refractivity contribution in [2.24, 2.45) is 0 Å². The van der Waals surface area contributed by atoms with E-state index in [-0.39, 0.29) is 28.9 Å². The summed E-state index contributed by atoms with van der Waals surface area (Å²) in [5.41, 5.74) is 25.1. The van der Waals surface area contributed by atoms with Crippen LogP contribution in [0.4, 0.5) is 34.1 Å². The predicted octanol–water partition coefficient (Wildman–Crippen LogP) is 15.8. The molecule has 10 aromatic rings. The molecule has 350 valence electrons. The maximum absolute atomic E-state index is 2.73. The van der Waals surface area contributed by atoms with Crippen molar-refractivity contribution in [3.63, 3.8) is 0 Å². The van der Waals surface area contributed by atoms with Gasteiger partial charge in [0.15, 0.2) is 0 Å². The zero-order valence-electron chi connectivity index (χ0n) is 42.7. The monoisotopic (exact) mass is 929 g/mol. The molecule has 3 heterocycles. The summed E-state index contributed by atoms with van der Waals surface area (Å²) in [6.45, 7) is 18.9. The average molecular weight is 930 g/mol. The summed E-state index contributed by atoms with van der Waals surface area (Å²) in [6, 6.07) is 80.3. The molecule has 1 aliphatic carbocycles. The first-order chi connectivity index (χ1) is 34.8. The molecule has 3 aliphatic rings. The van der Waals surface area contributed by atoms with Crippen LogP contribution in [0.15, 0.2) is 212 Å².